The van der Waals surface area contributed by atoms with E-state index in [0.29, 0.717) is 18.5 Å². The maximum Gasteiger partial charge on any atom is 0.269 e. The van der Waals surface area contributed by atoms with Crippen LogP contribution >= 0.6 is 0 Å². The van der Waals surface area contributed by atoms with Crippen LogP contribution in [0.4, 0.5) is 8.78 Å². The highest BCUT2D eigenvalue weighted by Gasteiger charge is 2.11. The van der Waals surface area contributed by atoms with Gasteiger partial charge in [-0.3, -0.25) is 14.6 Å². The fourth-order valence-electron chi connectivity index (χ4n) is 2.64. The number of nitrogens with zero attached hydrogens (tertiary/aromatic N) is 1. The summed E-state index contributed by atoms with van der Waals surface area (Å²) in [4.78, 5) is 28.6. The lowest BCUT2D eigenvalue weighted by molar-refractivity contribution is 0.0949. The third kappa shape index (κ3) is 5.93. The van der Waals surface area contributed by atoms with Crippen LogP contribution in [0.1, 0.15) is 32.0 Å². The SMILES string of the molecule is O=C(NCc1ccc(F)cc1)c1ccnc(C(=O)NCCc2ccc(F)cc2)c1. The van der Waals surface area contributed by atoms with Crippen molar-refractivity contribution in [1.29, 1.82) is 0 Å². The maximum atomic E-state index is 12.9. The zero-order valence-corrected chi connectivity index (χ0v) is 15.5. The van der Waals surface area contributed by atoms with E-state index in [1.54, 1.807) is 24.3 Å². The maximum absolute atomic E-state index is 12.9. The zero-order chi connectivity index (χ0) is 20.6. The van der Waals surface area contributed by atoms with Crippen molar-refractivity contribution in [2.75, 3.05) is 6.54 Å². The fourth-order valence-corrected chi connectivity index (χ4v) is 2.64. The minimum atomic E-state index is -0.403. The van der Waals surface area contributed by atoms with E-state index in [1.807, 2.05) is 0 Å². The highest BCUT2D eigenvalue weighted by atomic mass is 19.1. The van der Waals surface area contributed by atoms with E-state index in [1.165, 1.54) is 42.6 Å². The molecular formula is C22H19F2N3O2. The Bertz CT molecular complexity index is 990. The number of halogens is 2. The highest BCUT2D eigenvalue weighted by molar-refractivity contribution is 5.98. The molecule has 0 bridgehead atoms. The number of carbonyl (C=O) groups excluding carboxylic acids is 2. The van der Waals surface area contributed by atoms with Gasteiger partial charge < -0.3 is 10.6 Å². The molecule has 0 atom stereocenters. The number of pyridine rings is 1. The molecule has 2 N–H and O–H groups in total. The minimum Gasteiger partial charge on any atom is -0.350 e. The second kappa shape index (κ2) is 9.54. The molecule has 1 heterocycles. The number of nitrogens with one attached hydrogen (secondary N) is 2. The molecule has 2 aromatic carbocycles. The predicted octanol–water partition coefficient (Wildman–Crippen LogP) is 3.26. The van der Waals surface area contributed by atoms with Crippen molar-refractivity contribution in [3.05, 3.63) is 101 Å². The second-order valence-electron chi connectivity index (χ2n) is 6.37. The molecule has 0 radical (unpaired) electrons. The summed E-state index contributed by atoms with van der Waals surface area (Å²) in [6, 6.07) is 14.8. The van der Waals surface area contributed by atoms with Crippen LogP contribution in [0.2, 0.25) is 0 Å². The Balaban J connectivity index is 1.53. The van der Waals surface area contributed by atoms with Crippen LogP contribution in [0, 0.1) is 11.6 Å². The Labute approximate surface area is 166 Å². The molecule has 0 unspecified atom stereocenters. The van der Waals surface area contributed by atoms with Crippen molar-refractivity contribution < 1.29 is 18.4 Å². The van der Waals surface area contributed by atoms with Gasteiger partial charge in [0, 0.05) is 24.8 Å². The highest BCUT2D eigenvalue weighted by Crippen LogP contribution is 2.06. The summed E-state index contributed by atoms with van der Waals surface area (Å²) in [5.41, 5.74) is 2.07. The van der Waals surface area contributed by atoms with E-state index < -0.39 is 5.91 Å². The summed E-state index contributed by atoms with van der Waals surface area (Å²) >= 11 is 0. The molecule has 29 heavy (non-hydrogen) atoms. The summed E-state index contributed by atoms with van der Waals surface area (Å²) in [5.74, 6) is -1.42. The van der Waals surface area contributed by atoms with Crippen molar-refractivity contribution in [1.82, 2.24) is 15.6 Å². The molecule has 148 valence electrons. The van der Waals surface area contributed by atoms with Gasteiger partial charge in [0.15, 0.2) is 0 Å². The third-order valence-corrected chi connectivity index (χ3v) is 4.23. The lowest BCUT2D eigenvalue weighted by Crippen LogP contribution is -2.27. The molecule has 0 aliphatic carbocycles. The first-order chi connectivity index (χ1) is 14.0. The van der Waals surface area contributed by atoms with Crippen molar-refractivity contribution in [2.24, 2.45) is 0 Å². The van der Waals surface area contributed by atoms with Gasteiger partial charge in [-0.15, -0.1) is 0 Å². The van der Waals surface area contributed by atoms with Gasteiger partial charge in [-0.25, -0.2) is 8.78 Å². The molecule has 0 saturated heterocycles. The molecule has 3 rings (SSSR count). The van der Waals surface area contributed by atoms with Gasteiger partial charge in [-0.1, -0.05) is 24.3 Å². The first-order valence-electron chi connectivity index (χ1n) is 9.02. The zero-order valence-electron chi connectivity index (χ0n) is 15.5. The Morgan fingerprint density at radius 2 is 1.41 bits per heavy atom. The molecule has 1 aromatic heterocycles. The molecule has 0 aliphatic rings. The van der Waals surface area contributed by atoms with Gasteiger partial charge in [0.25, 0.3) is 11.8 Å². The van der Waals surface area contributed by atoms with Gasteiger partial charge in [-0.05, 0) is 53.9 Å². The number of rotatable bonds is 7. The molecule has 0 aliphatic heterocycles. The predicted molar refractivity (Wildman–Crippen MR) is 104 cm³/mol. The molecule has 5 nitrogen and oxygen atoms in total. The minimum absolute atomic E-state index is 0.124. The quantitative estimate of drug-likeness (QED) is 0.645. The Morgan fingerprint density at radius 3 is 2.07 bits per heavy atom. The average Bonchev–Trinajstić information content (AvgIpc) is 2.74. The van der Waals surface area contributed by atoms with Gasteiger partial charge in [0.05, 0.1) is 0 Å². The molecule has 3 aromatic rings. The van der Waals surface area contributed by atoms with Gasteiger partial charge >= 0.3 is 0 Å². The first-order valence-corrected chi connectivity index (χ1v) is 9.02. The number of aromatic nitrogens is 1. The van der Waals surface area contributed by atoms with E-state index in [9.17, 15) is 18.4 Å². The average molecular weight is 395 g/mol. The monoisotopic (exact) mass is 395 g/mol. The van der Waals surface area contributed by atoms with Gasteiger partial charge in [0.1, 0.15) is 17.3 Å². The molecule has 0 fully saturated rings. The number of hydrogen-bond acceptors (Lipinski definition) is 3. The Hall–Kier alpha value is -3.61. The van der Waals surface area contributed by atoms with E-state index in [-0.39, 0.29) is 29.8 Å². The Morgan fingerprint density at radius 1 is 0.793 bits per heavy atom. The molecule has 2 amide bonds. The van der Waals surface area contributed by atoms with Crippen molar-refractivity contribution >= 4 is 11.8 Å². The van der Waals surface area contributed by atoms with Crippen LogP contribution in [0.25, 0.3) is 0 Å². The fraction of sp³-hybridized carbons (Fsp3) is 0.136. The topological polar surface area (TPSA) is 71.1 Å². The summed E-state index contributed by atoms with van der Waals surface area (Å²) in [6.45, 7) is 0.591. The first kappa shape index (κ1) is 20.1. The van der Waals surface area contributed by atoms with Crippen molar-refractivity contribution in [2.45, 2.75) is 13.0 Å². The lowest BCUT2D eigenvalue weighted by atomic mass is 10.1. The van der Waals surface area contributed by atoms with Gasteiger partial charge in [-0.2, -0.15) is 0 Å². The number of amides is 2. The second-order valence-corrected chi connectivity index (χ2v) is 6.37. The van der Waals surface area contributed by atoms with Gasteiger partial charge in [0.2, 0.25) is 0 Å². The lowest BCUT2D eigenvalue weighted by Gasteiger charge is -2.08. The van der Waals surface area contributed by atoms with E-state index >= 15 is 0 Å². The van der Waals surface area contributed by atoms with E-state index in [4.69, 9.17) is 0 Å². The third-order valence-electron chi connectivity index (χ3n) is 4.23. The van der Waals surface area contributed by atoms with Crippen molar-refractivity contribution in [3.63, 3.8) is 0 Å². The summed E-state index contributed by atoms with van der Waals surface area (Å²) in [5, 5.41) is 5.45. The van der Waals surface area contributed by atoms with Crippen LogP contribution < -0.4 is 10.6 Å². The number of hydrogen-bond donors (Lipinski definition) is 2. The largest absolute Gasteiger partial charge is 0.350 e. The van der Waals surface area contributed by atoms with Crippen LogP contribution in [0.15, 0.2) is 66.9 Å². The molecule has 7 heteroatoms. The standard InChI is InChI=1S/C22H19F2N3O2/c23-18-5-1-15(2-6-18)9-11-26-22(29)20-13-17(10-12-25-20)21(28)27-14-16-3-7-19(24)8-4-16/h1-8,10,12-13H,9,11,14H2,(H,26,29)(H,27,28). The van der Waals surface area contributed by atoms with Crippen LogP contribution in [-0.4, -0.2) is 23.3 Å². The molecule has 0 spiro atoms. The van der Waals surface area contributed by atoms with Crippen LogP contribution in [0.5, 0.6) is 0 Å². The summed E-state index contributed by atoms with van der Waals surface area (Å²) < 4.78 is 25.8. The Kier molecular flexibility index (Phi) is 6.63. The number of benzene rings is 2. The van der Waals surface area contributed by atoms with E-state index in [2.05, 4.69) is 15.6 Å². The molecular weight excluding hydrogens is 376 g/mol. The normalized spacial score (nSPS) is 10.4. The van der Waals surface area contributed by atoms with E-state index in [0.717, 1.165) is 11.1 Å². The van der Waals surface area contributed by atoms with Crippen molar-refractivity contribution in [3.8, 4) is 0 Å². The smallest absolute Gasteiger partial charge is 0.269 e. The van der Waals surface area contributed by atoms with Crippen LogP contribution in [-0.2, 0) is 13.0 Å². The summed E-state index contributed by atoms with van der Waals surface area (Å²) in [7, 11) is 0. The molecule has 0 saturated carbocycles. The summed E-state index contributed by atoms with van der Waals surface area (Å²) in [6.07, 6.45) is 1.94. The van der Waals surface area contributed by atoms with Crippen LogP contribution in [0.3, 0.4) is 0 Å². The number of carbonyl (C=O) groups is 2.